The van der Waals surface area contributed by atoms with Crippen molar-refractivity contribution in [3.8, 4) is 11.3 Å². The van der Waals surface area contributed by atoms with E-state index in [1.807, 2.05) is 0 Å². The van der Waals surface area contributed by atoms with Gasteiger partial charge in [0.2, 0.25) is 0 Å². The van der Waals surface area contributed by atoms with Crippen LogP contribution < -0.4 is 16.0 Å². The Bertz CT molecular complexity index is 955. The van der Waals surface area contributed by atoms with Gasteiger partial charge in [-0.1, -0.05) is 23.2 Å². The maximum Gasteiger partial charge on any atom is 0.161 e. The molecule has 3 heterocycles. The van der Waals surface area contributed by atoms with Crippen LogP contribution in [0.2, 0.25) is 10.0 Å². The maximum atomic E-state index is 15.2. The average Bonchev–Trinajstić information content (AvgIpc) is 3.02. The Morgan fingerprint density at radius 3 is 2.72 bits per heavy atom. The number of rotatable bonds is 2. The van der Waals surface area contributed by atoms with Gasteiger partial charge < -0.3 is 16.0 Å². The van der Waals surface area contributed by atoms with Crippen LogP contribution in [0.1, 0.15) is 0 Å². The van der Waals surface area contributed by atoms with E-state index in [0.717, 1.165) is 31.2 Å². The topological polar surface area (TPSA) is 67.1 Å². The highest BCUT2D eigenvalue weighted by Crippen LogP contribution is 2.42. The number of fused-ring (bicyclic) bond motifs is 1. The summed E-state index contributed by atoms with van der Waals surface area (Å²) in [6.07, 6.45) is 0. The minimum Gasteiger partial charge on any atom is -0.384 e. The van der Waals surface area contributed by atoms with Crippen LogP contribution in [0.15, 0.2) is 18.2 Å². The van der Waals surface area contributed by atoms with Crippen molar-refractivity contribution < 1.29 is 4.39 Å². The third kappa shape index (κ3) is 2.91. The lowest BCUT2D eigenvalue weighted by Crippen LogP contribution is -2.43. The number of pyridine rings is 1. The van der Waals surface area contributed by atoms with Gasteiger partial charge in [0.1, 0.15) is 16.3 Å². The third-order valence-corrected chi connectivity index (χ3v) is 5.68. The van der Waals surface area contributed by atoms with Crippen LogP contribution in [0.3, 0.4) is 0 Å². The molecule has 0 spiro atoms. The molecule has 0 aliphatic carbocycles. The Balaban J connectivity index is 1.89. The first-order valence-electron chi connectivity index (χ1n) is 7.71. The normalized spacial score (nSPS) is 15.1. The SMILES string of the molecule is Nc1ccc(Cl)c(-c2c(Cl)cc3c(N4CCNCC4)snc3c2F)n1. The summed E-state index contributed by atoms with van der Waals surface area (Å²) in [6.45, 7) is 3.47. The molecule has 1 aliphatic heterocycles. The molecule has 3 aromatic rings. The Morgan fingerprint density at radius 1 is 1.20 bits per heavy atom. The Hall–Kier alpha value is -1.67. The number of nitrogens with two attached hydrogens (primary N) is 1. The molecule has 0 amide bonds. The molecule has 1 fully saturated rings. The zero-order chi connectivity index (χ0) is 17.6. The molecule has 3 N–H and O–H groups in total. The van der Waals surface area contributed by atoms with Crippen molar-refractivity contribution >= 4 is 56.5 Å². The number of hydrogen-bond donors (Lipinski definition) is 2. The highest BCUT2D eigenvalue weighted by atomic mass is 35.5. The predicted molar refractivity (Wildman–Crippen MR) is 102 cm³/mol. The van der Waals surface area contributed by atoms with Gasteiger partial charge in [0.25, 0.3) is 0 Å². The minimum absolute atomic E-state index is 0.128. The zero-order valence-electron chi connectivity index (χ0n) is 13.0. The molecule has 5 nitrogen and oxygen atoms in total. The summed E-state index contributed by atoms with van der Waals surface area (Å²) < 4.78 is 19.5. The molecule has 4 rings (SSSR count). The summed E-state index contributed by atoms with van der Waals surface area (Å²) in [7, 11) is 0. The standard InChI is InChI=1S/C16H14Cl2FN5S/c17-9-1-2-11(20)22-15(9)12-10(18)7-8-14(13(12)19)23-25-16(8)24-5-3-21-4-6-24/h1-2,7,21H,3-6H2,(H2,20,22). The van der Waals surface area contributed by atoms with E-state index >= 15 is 4.39 Å². The van der Waals surface area contributed by atoms with Gasteiger partial charge in [0.05, 0.1) is 21.3 Å². The molecule has 1 aliphatic rings. The van der Waals surface area contributed by atoms with Crippen LogP contribution in [0.25, 0.3) is 22.2 Å². The number of nitrogens with one attached hydrogen (secondary N) is 1. The first-order chi connectivity index (χ1) is 12.1. The first-order valence-corrected chi connectivity index (χ1v) is 9.24. The summed E-state index contributed by atoms with van der Waals surface area (Å²) in [5, 5.41) is 5.45. The molecule has 0 atom stereocenters. The van der Waals surface area contributed by atoms with Gasteiger partial charge in [-0.15, -0.1) is 0 Å². The molecule has 130 valence electrons. The van der Waals surface area contributed by atoms with Crippen molar-refractivity contribution in [1.29, 1.82) is 0 Å². The number of nitrogen functional groups attached to an aromatic ring is 1. The summed E-state index contributed by atoms with van der Waals surface area (Å²) >= 11 is 13.9. The number of nitrogens with zero attached hydrogens (tertiary/aromatic N) is 3. The minimum atomic E-state index is -0.528. The quantitative estimate of drug-likeness (QED) is 0.688. The van der Waals surface area contributed by atoms with E-state index in [-0.39, 0.29) is 32.6 Å². The van der Waals surface area contributed by atoms with Crippen LogP contribution in [-0.2, 0) is 0 Å². The number of hydrogen-bond acceptors (Lipinski definition) is 6. The number of benzene rings is 1. The number of aromatic nitrogens is 2. The van der Waals surface area contributed by atoms with Gasteiger partial charge in [-0.2, -0.15) is 4.37 Å². The number of halogens is 3. The van der Waals surface area contributed by atoms with Crippen molar-refractivity contribution in [2.45, 2.75) is 0 Å². The van der Waals surface area contributed by atoms with Crippen LogP contribution in [0, 0.1) is 5.82 Å². The smallest absolute Gasteiger partial charge is 0.161 e. The maximum absolute atomic E-state index is 15.2. The Labute approximate surface area is 157 Å². The Kier molecular flexibility index (Phi) is 4.41. The van der Waals surface area contributed by atoms with Gasteiger partial charge in [-0.25, -0.2) is 9.37 Å². The molecular formula is C16H14Cl2FN5S. The second kappa shape index (κ2) is 6.57. The van der Waals surface area contributed by atoms with Crippen LogP contribution in [-0.4, -0.2) is 35.5 Å². The third-order valence-electron chi connectivity index (χ3n) is 4.15. The second-order valence-corrected chi connectivity index (χ2v) is 7.30. The molecule has 1 saturated heterocycles. The van der Waals surface area contributed by atoms with Crippen LogP contribution in [0.5, 0.6) is 0 Å². The highest BCUT2D eigenvalue weighted by Gasteiger charge is 2.24. The van der Waals surface area contributed by atoms with E-state index in [9.17, 15) is 0 Å². The van der Waals surface area contributed by atoms with E-state index in [4.69, 9.17) is 28.9 Å². The van der Waals surface area contributed by atoms with E-state index in [1.165, 1.54) is 11.5 Å². The van der Waals surface area contributed by atoms with Crippen molar-refractivity contribution in [3.05, 3.63) is 34.1 Å². The second-order valence-electron chi connectivity index (χ2n) is 5.73. The lowest BCUT2D eigenvalue weighted by atomic mass is 10.1. The van der Waals surface area contributed by atoms with Gasteiger partial charge >= 0.3 is 0 Å². The van der Waals surface area contributed by atoms with Gasteiger partial charge in [0.15, 0.2) is 5.82 Å². The average molecular weight is 398 g/mol. The largest absolute Gasteiger partial charge is 0.384 e. The summed E-state index contributed by atoms with van der Waals surface area (Å²) in [4.78, 5) is 6.34. The van der Waals surface area contributed by atoms with Crippen molar-refractivity contribution in [2.24, 2.45) is 0 Å². The van der Waals surface area contributed by atoms with Crippen molar-refractivity contribution in [1.82, 2.24) is 14.7 Å². The highest BCUT2D eigenvalue weighted by molar-refractivity contribution is 7.11. The monoisotopic (exact) mass is 397 g/mol. The molecule has 0 bridgehead atoms. The molecule has 25 heavy (non-hydrogen) atoms. The summed E-state index contributed by atoms with van der Waals surface area (Å²) in [5.74, 6) is -0.283. The van der Waals surface area contributed by atoms with Crippen LogP contribution in [0.4, 0.5) is 15.2 Å². The van der Waals surface area contributed by atoms with Gasteiger partial charge in [-0.3, -0.25) is 0 Å². The number of piperazine rings is 1. The molecular weight excluding hydrogens is 384 g/mol. The van der Waals surface area contributed by atoms with E-state index < -0.39 is 5.82 Å². The molecule has 1 aromatic carbocycles. The Morgan fingerprint density at radius 2 is 1.96 bits per heavy atom. The lowest BCUT2D eigenvalue weighted by Gasteiger charge is -2.28. The fourth-order valence-electron chi connectivity index (χ4n) is 2.94. The molecule has 0 unspecified atom stereocenters. The summed E-state index contributed by atoms with van der Waals surface area (Å²) in [6, 6.07) is 4.87. The van der Waals surface area contributed by atoms with E-state index in [0.29, 0.717) is 5.39 Å². The van der Waals surface area contributed by atoms with Crippen molar-refractivity contribution in [3.63, 3.8) is 0 Å². The van der Waals surface area contributed by atoms with Crippen molar-refractivity contribution in [2.75, 3.05) is 36.8 Å². The number of anilines is 2. The van der Waals surface area contributed by atoms with E-state index in [2.05, 4.69) is 19.6 Å². The fourth-order valence-corrected chi connectivity index (χ4v) is 4.33. The van der Waals surface area contributed by atoms with Gasteiger partial charge in [0, 0.05) is 31.6 Å². The van der Waals surface area contributed by atoms with Crippen LogP contribution >= 0.6 is 34.7 Å². The first kappa shape index (κ1) is 16.8. The van der Waals surface area contributed by atoms with E-state index in [1.54, 1.807) is 18.2 Å². The van der Waals surface area contributed by atoms with Gasteiger partial charge in [-0.05, 0) is 29.7 Å². The molecule has 9 heteroatoms. The summed E-state index contributed by atoms with van der Waals surface area (Å²) in [5.41, 5.74) is 6.35. The lowest BCUT2D eigenvalue weighted by molar-refractivity contribution is 0.592. The molecule has 0 saturated carbocycles. The molecule has 2 aromatic heterocycles. The molecule has 0 radical (unpaired) electrons. The zero-order valence-corrected chi connectivity index (χ0v) is 15.3. The predicted octanol–water partition coefficient (Wildman–Crippen LogP) is 3.80. The fraction of sp³-hybridized carbons (Fsp3) is 0.250.